The Labute approximate surface area is 109 Å². The predicted octanol–water partition coefficient (Wildman–Crippen LogP) is 1.37. The van der Waals surface area contributed by atoms with Gasteiger partial charge >= 0.3 is 5.97 Å². The van der Waals surface area contributed by atoms with E-state index in [-0.39, 0.29) is 17.0 Å². The number of nitrogens with zero attached hydrogens (tertiary/aromatic N) is 1. The van der Waals surface area contributed by atoms with E-state index in [2.05, 4.69) is 0 Å². The van der Waals surface area contributed by atoms with Crippen LogP contribution in [0.2, 0.25) is 0 Å². The summed E-state index contributed by atoms with van der Waals surface area (Å²) in [5, 5.41) is 12.5. The minimum atomic E-state index is -3.52. The van der Waals surface area contributed by atoms with Gasteiger partial charge in [0.25, 0.3) is 0 Å². The summed E-state index contributed by atoms with van der Waals surface area (Å²) in [5.74, 6) is -1.43. The minimum Gasteiger partial charge on any atom is -0.481 e. The summed E-state index contributed by atoms with van der Waals surface area (Å²) >= 11 is 1.33. The van der Waals surface area contributed by atoms with Crippen molar-refractivity contribution in [1.82, 2.24) is 4.31 Å². The zero-order chi connectivity index (χ0) is 12.9. The molecule has 0 saturated carbocycles. The standard InChI is InChI=1S/C11H13NO4S2/c13-11(14)9-5-7-1-2-10(9)12(7)18(15,16)8-3-4-17-6-8/h3-4,6-7,9-10H,1-2,5H2,(H,13,14). The lowest BCUT2D eigenvalue weighted by Crippen LogP contribution is -2.37. The number of hydrogen-bond acceptors (Lipinski definition) is 4. The monoisotopic (exact) mass is 287 g/mol. The fourth-order valence-electron chi connectivity index (χ4n) is 3.10. The van der Waals surface area contributed by atoms with Crippen LogP contribution in [0.5, 0.6) is 0 Å². The second-order valence-electron chi connectivity index (χ2n) is 4.77. The third-order valence-electron chi connectivity index (χ3n) is 3.86. The maximum Gasteiger partial charge on any atom is 0.308 e. The van der Waals surface area contributed by atoms with E-state index >= 15 is 0 Å². The van der Waals surface area contributed by atoms with Gasteiger partial charge in [0, 0.05) is 17.5 Å². The number of fused-ring (bicyclic) bond motifs is 2. The van der Waals surface area contributed by atoms with E-state index in [4.69, 9.17) is 5.11 Å². The first kappa shape index (κ1) is 12.1. The largest absolute Gasteiger partial charge is 0.481 e. The quantitative estimate of drug-likeness (QED) is 0.911. The number of carboxylic acids is 1. The molecule has 5 nitrogen and oxygen atoms in total. The summed E-state index contributed by atoms with van der Waals surface area (Å²) in [5.41, 5.74) is 0. The highest BCUT2D eigenvalue weighted by atomic mass is 32.2. The molecular weight excluding hydrogens is 274 g/mol. The number of rotatable bonds is 3. The fraction of sp³-hybridized carbons (Fsp3) is 0.545. The van der Waals surface area contributed by atoms with Gasteiger partial charge in [0.1, 0.15) is 0 Å². The Morgan fingerprint density at radius 3 is 2.78 bits per heavy atom. The molecule has 0 aliphatic carbocycles. The Balaban J connectivity index is 1.97. The fourth-order valence-corrected chi connectivity index (χ4v) is 6.03. The molecule has 1 N–H and O–H groups in total. The van der Waals surface area contributed by atoms with E-state index in [1.807, 2.05) is 0 Å². The number of sulfonamides is 1. The summed E-state index contributed by atoms with van der Waals surface area (Å²) in [6, 6.07) is 1.08. The van der Waals surface area contributed by atoms with Gasteiger partial charge in [-0.2, -0.15) is 15.6 Å². The second kappa shape index (κ2) is 4.04. The van der Waals surface area contributed by atoms with Crippen LogP contribution < -0.4 is 0 Å². The van der Waals surface area contributed by atoms with E-state index in [0.717, 1.165) is 6.42 Å². The van der Waals surface area contributed by atoms with Gasteiger partial charge in [-0.3, -0.25) is 4.79 Å². The number of hydrogen-bond donors (Lipinski definition) is 1. The molecule has 3 unspecified atom stereocenters. The van der Waals surface area contributed by atoms with Gasteiger partial charge < -0.3 is 5.11 Å². The summed E-state index contributed by atoms with van der Waals surface area (Å²) < 4.78 is 26.4. The van der Waals surface area contributed by atoms with Crippen molar-refractivity contribution in [3.63, 3.8) is 0 Å². The molecule has 0 aromatic carbocycles. The smallest absolute Gasteiger partial charge is 0.308 e. The summed E-state index contributed by atoms with van der Waals surface area (Å²) in [7, 11) is -3.52. The van der Waals surface area contributed by atoms with Gasteiger partial charge in [-0.25, -0.2) is 8.42 Å². The maximum atomic E-state index is 12.5. The molecule has 2 bridgehead atoms. The van der Waals surface area contributed by atoms with E-state index in [1.165, 1.54) is 15.6 Å². The first-order chi connectivity index (χ1) is 8.51. The van der Waals surface area contributed by atoms with Crippen LogP contribution in [0.3, 0.4) is 0 Å². The SMILES string of the molecule is O=C(O)C1CC2CCC1N2S(=O)(=O)c1ccsc1. The summed E-state index contributed by atoms with van der Waals surface area (Å²) in [4.78, 5) is 11.4. The molecule has 1 aromatic heterocycles. The molecule has 0 amide bonds. The predicted molar refractivity (Wildman–Crippen MR) is 65.9 cm³/mol. The number of aliphatic carboxylic acids is 1. The number of carboxylic acid groups (broad SMARTS) is 1. The highest BCUT2D eigenvalue weighted by molar-refractivity contribution is 7.89. The molecule has 3 rings (SSSR count). The molecule has 1 aromatic rings. The Bertz CT molecular complexity index is 566. The summed E-state index contributed by atoms with van der Waals surface area (Å²) in [6.07, 6.45) is 1.88. The van der Waals surface area contributed by atoms with Crippen molar-refractivity contribution in [2.45, 2.75) is 36.2 Å². The molecule has 7 heteroatoms. The van der Waals surface area contributed by atoms with Crippen LogP contribution in [0.1, 0.15) is 19.3 Å². The van der Waals surface area contributed by atoms with Crippen LogP contribution in [0.25, 0.3) is 0 Å². The topological polar surface area (TPSA) is 74.7 Å². The van der Waals surface area contributed by atoms with Crippen LogP contribution in [-0.4, -0.2) is 35.9 Å². The molecule has 2 fully saturated rings. The van der Waals surface area contributed by atoms with Crippen LogP contribution in [0.15, 0.2) is 21.7 Å². The van der Waals surface area contributed by atoms with Gasteiger partial charge in [0.2, 0.25) is 10.0 Å². The Kier molecular flexibility index (Phi) is 2.72. The molecule has 3 atom stereocenters. The van der Waals surface area contributed by atoms with Crippen LogP contribution in [-0.2, 0) is 14.8 Å². The third kappa shape index (κ3) is 1.61. The Morgan fingerprint density at radius 2 is 2.22 bits per heavy atom. The lowest BCUT2D eigenvalue weighted by Gasteiger charge is -2.21. The summed E-state index contributed by atoms with van der Waals surface area (Å²) in [6.45, 7) is 0. The maximum absolute atomic E-state index is 12.5. The van der Waals surface area contributed by atoms with E-state index in [0.29, 0.717) is 12.8 Å². The first-order valence-corrected chi connectivity index (χ1v) is 8.18. The van der Waals surface area contributed by atoms with Gasteiger partial charge in [-0.05, 0) is 30.7 Å². The number of carbonyl (C=O) groups is 1. The lowest BCUT2D eigenvalue weighted by molar-refractivity contribution is -0.142. The number of thiophene rings is 1. The molecular formula is C11H13NO4S2. The average Bonchev–Trinajstić information content (AvgIpc) is 3.04. The first-order valence-electron chi connectivity index (χ1n) is 5.80. The van der Waals surface area contributed by atoms with E-state index in [9.17, 15) is 13.2 Å². The van der Waals surface area contributed by atoms with Crippen molar-refractivity contribution in [2.75, 3.05) is 0 Å². The zero-order valence-electron chi connectivity index (χ0n) is 9.52. The van der Waals surface area contributed by atoms with Crippen LogP contribution in [0.4, 0.5) is 0 Å². The van der Waals surface area contributed by atoms with Crippen molar-refractivity contribution >= 4 is 27.3 Å². The van der Waals surface area contributed by atoms with E-state index < -0.39 is 21.9 Å². The molecule has 98 valence electrons. The highest BCUT2D eigenvalue weighted by Crippen LogP contribution is 2.45. The molecule has 2 saturated heterocycles. The van der Waals surface area contributed by atoms with Gasteiger partial charge in [0.05, 0.1) is 10.8 Å². The molecule has 2 aliphatic heterocycles. The van der Waals surface area contributed by atoms with Crippen LogP contribution >= 0.6 is 11.3 Å². The molecule has 0 spiro atoms. The van der Waals surface area contributed by atoms with Crippen molar-refractivity contribution in [3.05, 3.63) is 16.8 Å². The highest BCUT2D eigenvalue weighted by Gasteiger charge is 2.54. The van der Waals surface area contributed by atoms with Crippen molar-refractivity contribution < 1.29 is 18.3 Å². The van der Waals surface area contributed by atoms with Crippen molar-refractivity contribution in [2.24, 2.45) is 5.92 Å². The van der Waals surface area contributed by atoms with Crippen LogP contribution in [0, 0.1) is 5.92 Å². The van der Waals surface area contributed by atoms with E-state index in [1.54, 1.807) is 16.8 Å². The molecule has 0 radical (unpaired) electrons. The average molecular weight is 287 g/mol. The molecule has 3 heterocycles. The zero-order valence-corrected chi connectivity index (χ0v) is 11.2. The van der Waals surface area contributed by atoms with Gasteiger partial charge in [0.15, 0.2) is 0 Å². The second-order valence-corrected chi connectivity index (χ2v) is 7.40. The van der Waals surface area contributed by atoms with Gasteiger partial charge in [-0.1, -0.05) is 0 Å². The third-order valence-corrected chi connectivity index (χ3v) is 6.67. The Morgan fingerprint density at radius 1 is 1.44 bits per heavy atom. The van der Waals surface area contributed by atoms with Crippen molar-refractivity contribution in [3.8, 4) is 0 Å². The normalized spacial score (nSPS) is 31.9. The molecule has 18 heavy (non-hydrogen) atoms. The van der Waals surface area contributed by atoms with Crippen molar-refractivity contribution in [1.29, 1.82) is 0 Å². The van der Waals surface area contributed by atoms with Gasteiger partial charge in [-0.15, -0.1) is 0 Å². The molecule has 2 aliphatic rings. The minimum absolute atomic E-state index is 0.138. The lowest BCUT2D eigenvalue weighted by atomic mass is 9.89. The Hall–Kier alpha value is -0.920.